The van der Waals surface area contributed by atoms with Gasteiger partial charge in [0, 0.05) is 25.7 Å². The second kappa shape index (κ2) is 5.39. The molecule has 1 aliphatic carbocycles. The van der Waals surface area contributed by atoms with Crippen LogP contribution in [0.4, 0.5) is 10.5 Å². The number of benzene rings is 1. The van der Waals surface area contributed by atoms with Gasteiger partial charge in [0.1, 0.15) is 6.04 Å². The molecular weight excluding hydrogens is 278 g/mol. The summed E-state index contributed by atoms with van der Waals surface area (Å²) in [7, 11) is 0. The van der Waals surface area contributed by atoms with Gasteiger partial charge in [-0.3, -0.25) is 9.69 Å². The minimum absolute atomic E-state index is 0.0705. The first-order chi connectivity index (χ1) is 10.8. The zero-order valence-electron chi connectivity index (χ0n) is 12.6. The molecule has 0 radical (unpaired) electrons. The van der Waals surface area contributed by atoms with Crippen LogP contribution in [0.25, 0.3) is 0 Å². The van der Waals surface area contributed by atoms with Crippen molar-refractivity contribution in [2.75, 3.05) is 24.5 Å². The van der Waals surface area contributed by atoms with Crippen molar-refractivity contribution in [3.05, 3.63) is 30.3 Å². The predicted molar refractivity (Wildman–Crippen MR) is 83.6 cm³/mol. The number of hydrogen-bond donors (Lipinski definition) is 0. The highest BCUT2D eigenvalue weighted by molar-refractivity contribution is 6.21. The number of hydrogen-bond acceptors (Lipinski definition) is 3. The fraction of sp³-hybridized carbons (Fsp3) is 0.529. The SMILES string of the molecule is O=C1C2CN(C3CCCC3)CCN2C(=O)N1c1ccccc1. The number of carbonyl (C=O) groups is 2. The molecule has 22 heavy (non-hydrogen) atoms. The van der Waals surface area contributed by atoms with Gasteiger partial charge in [-0.25, -0.2) is 9.69 Å². The highest BCUT2D eigenvalue weighted by Gasteiger charge is 2.49. The first-order valence-corrected chi connectivity index (χ1v) is 8.19. The van der Waals surface area contributed by atoms with Crippen molar-refractivity contribution in [1.82, 2.24) is 9.80 Å². The quantitative estimate of drug-likeness (QED) is 0.785. The van der Waals surface area contributed by atoms with Crippen LogP contribution in [0.3, 0.4) is 0 Å². The molecule has 3 fully saturated rings. The summed E-state index contributed by atoms with van der Waals surface area (Å²) in [5.41, 5.74) is 0.680. The zero-order valence-corrected chi connectivity index (χ0v) is 12.6. The van der Waals surface area contributed by atoms with E-state index in [1.54, 1.807) is 4.90 Å². The number of imide groups is 1. The third-order valence-electron chi connectivity index (χ3n) is 5.21. The largest absolute Gasteiger partial charge is 0.332 e. The molecule has 4 rings (SSSR count). The van der Waals surface area contributed by atoms with Crippen LogP contribution in [0.15, 0.2) is 30.3 Å². The van der Waals surface area contributed by atoms with Crippen molar-refractivity contribution < 1.29 is 9.59 Å². The van der Waals surface area contributed by atoms with Crippen LogP contribution >= 0.6 is 0 Å². The van der Waals surface area contributed by atoms with Crippen LogP contribution in [0, 0.1) is 0 Å². The molecule has 5 nitrogen and oxygen atoms in total. The molecule has 3 aliphatic rings. The van der Waals surface area contributed by atoms with Crippen molar-refractivity contribution in [2.45, 2.75) is 37.8 Å². The topological polar surface area (TPSA) is 43.9 Å². The molecule has 2 aliphatic heterocycles. The standard InChI is InChI=1S/C17H21N3O2/c21-16-15-12-18(13-6-4-5-7-13)10-11-19(15)17(22)20(16)14-8-2-1-3-9-14/h1-3,8-9,13,15H,4-7,10-12H2. The number of para-hydroxylation sites is 1. The summed E-state index contributed by atoms with van der Waals surface area (Å²) < 4.78 is 0. The summed E-state index contributed by atoms with van der Waals surface area (Å²) >= 11 is 0. The molecule has 0 aromatic heterocycles. The summed E-state index contributed by atoms with van der Waals surface area (Å²) in [4.78, 5) is 30.9. The number of piperazine rings is 1. The van der Waals surface area contributed by atoms with Crippen LogP contribution < -0.4 is 4.90 Å². The van der Waals surface area contributed by atoms with E-state index in [0.29, 0.717) is 24.8 Å². The lowest BCUT2D eigenvalue weighted by Gasteiger charge is -2.38. The van der Waals surface area contributed by atoms with Crippen LogP contribution in [0.5, 0.6) is 0 Å². The van der Waals surface area contributed by atoms with Gasteiger partial charge in [0.15, 0.2) is 0 Å². The Morgan fingerprint density at radius 2 is 1.68 bits per heavy atom. The van der Waals surface area contributed by atoms with Gasteiger partial charge < -0.3 is 4.90 Å². The Kier molecular flexibility index (Phi) is 3.37. The summed E-state index contributed by atoms with van der Waals surface area (Å²) in [6, 6.07) is 9.40. The van der Waals surface area contributed by atoms with Crippen molar-refractivity contribution in [2.24, 2.45) is 0 Å². The summed E-state index contributed by atoms with van der Waals surface area (Å²) in [6.07, 6.45) is 5.05. The molecule has 116 valence electrons. The number of urea groups is 1. The van der Waals surface area contributed by atoms with Crippen LogP contribution in [0.1, 0.15) is 25.7 Å². The van der Waals surface area contributed by atoms with Crippen molar-refractivity contribution >= 4 is 17.6 Å². The van der Waals surface area contributed by atoms with Gasteiger partial charge in [0.2, 0.25) is 0 Å². The van der Waals surface area contributed by atoms with E-state index in [2.05, 4.69) is 4.90 Å². The normalized spacial score (nSPS) is 26.8. The Bertz CT molecular complexity index is 583. The molecular formula is C17H21N3O2. The Hall–Kier alpha value is -1.88. The van der Waals surface area contributed by atoms with Gasteiger partial charge in [-0.05, 0) is 25.0 Å². The van der Waals surface area contributed by atoms with Crippen LogP contribution in [-0.4, -0.2) is 53.5 Å². The molecule has 5 heteroatoms. The van der Waals surface area contributed by atoms with Crippen molar-refractivity contribution in [1.29, 1.82) is 0 Å². The fourth-order valence-electron chi connectivity index (χ4n) is 4.03. The van der Waals surface area contributed by atoms with Gasteiger partial charge in [0.25, 0.3) is 5.91 Å². The summed E-state index contributed by atoms with van der Waals surface area (Å²) in [5.74, 6) is -0.0705. The van der Waals surface area contributed by atoms with E-state index in [1.807, 2.05) is 30.3 Å². The Balaban J connectivity index is 1.56. The van der Waals surface area contributed by atoms with Crippen molar-refractivity contribution in [3.63, 3.8) is 0 Å². The fourth-order valence-corrected chi connectivity index (χ4v) is 4.03. The number of nitrogens with zero attached hydrogens (tertiary/aromatic N) is 3. The molecule has 1 aromatic rings. The minimum atomic E-state index is -0.304. The van der Waals surface area contributed by atoms with Gasteiger partial charge >= 0.3 is 6.03 Å². The number of fused-ring (bicyclic) bond motifs is 1. The van der Waals surface area contributed by atoms with Crippen LogP contribution in [0.2, 0.25) is 0 Å². The van der Waals surface area contributed by atoms with Crippen LogP contribution in [-0.2, 0) is 4.79 Å². The number of amides is 3. The van der Waals surface area contributed by atoms with E-state index in [4.69, 9.17) is 0 Å². The minimum Gasteiger partial charge on any atom is -0.309 e. The number of carbonyl (C=O) groups excluding carboxylic acids is 2. The second-order valence-electron chi connectivity index (χ2n) is 6.43. The van der Waals surface area contributed by atoms with Crippen molar-refractivity contribution in [3.8, 4) is 0 Å². The first-order valence-electron chi connectivity index (χ1n) is 8.19. The smallest absolute Gasteiger partial charge is 0.309 e. The molecule has 1 unspecified atom stereocenters. The average Bonchev–Trinajstić information content (AvgIpc) is 3.16. The lowest BCUT2D eigenvalue weighted by Crippen LogP contribution is -2.55. The predicted octanol–water partition coefficient (Wildman–Crippen LogP) is 2.08. The lowest BCUT2D eigenvalue weighted by atomic mass is 10.1. The maximum atomic E-state index is 12.7. The van der Waals surface area contributed by atoms with Gasteiger partial charge in [-0.15, -0.1) is 0 Å². The van der Waals surface area contributed by atoms with E-state index in [0.717, 1.165) is 6.54 Å². The van der Waals surface area contributed by atoms with Gasteiger partial charge in [-0.1, -0.05) is 31.0 Å². The molecule has 1 aromatic carbocycles. The zero-order chi connectivity index (χ0) is 15.1. The second-order valence-corrected chi connectivity index (χ2v) is 6.43. The Morgan fingerprint density at radius 1 is 0.955 bits per heavy atom. The molecule has 0 bridgehead atoms. The molecule has 3 amide bonds. The molecule has 1 atom stereocenters. The van der Waals surface area contributed by atoms with E-state index >= 15 is 0 Å². The highest BCUT2D eigenvalue weighted by Crippen LogP contribution is 2.30. The number of anilines is 1. The maximum Gasteiger partial charge on any atom is 0.332 e. The molecule has 1 saturated carbocycles. The number of rotatable bonds is 2. The lowest BCUT2D eigenvalue weighted by molar-refractivity contribution is -0.121. The summed E-state index contributed by atoms with van der Waals surface area (Å²) in [6.45, 7) is 2.25. The molecule has 0 spiro atoms. The van der Waals surface area contributed by atoms with E-state index in [1.165, 1.54) is 30.6 Å². The third kappa shape index (κ3) is 2.11. The first kappa shape index (κ1) is 13.8. The molecule has 2 saturated heterocycles. The maximum absolute atomic E-state index is 12.7. The van der Waals surface area contributed by atoms with E-state index < -0.39 is 0 Å². The summed E-state index contributed by atoms with van der Waals surface area (Å²) in [5, 5.41) is 0. The third-order valence-corrected chi connectivity index (χ3v) is 5.21. The van der Waals surface area contributed by atoms with Gasteiger partial charge in [-0.2, -0.15) is 0 Å². The highest BCUT2D eigenvalue weighted by atomic mass is 16.2. The van der Waals surface area contributed by atoms with E-state index in [9.17, 15) is 9.59 Å². The van der Waals surface area contributed by atoms with Gasteiger partial charge in [0.05, 0.1) is 5.69 Å². The molecule has 0 N–H and O–H groups in total. The average molecular weight is 299 g/mol. The van der Waals surface area contributed by atoms with E-state index in [-0.39, 0.29) is 18.0 Å². The Labute approximate surface area is 130 Å². The monoisotopic (exact) mass is 299 g/mol. The Morgan fingerprint density at radius 3 is 2.41 bits per heavy atom. The molecule has 2 heterocycles.